The number of guanidine groups is 1. The predicted molar refractivity (Wildman–Crippen MR) is 71.7 cm³/mol. The van der Waals surface area contributed by atoms with Crippen molar-refractivity contribution in [2.75, 3.05) is 12.8 Å². The molecule has 1 aromatic rings. The van der Waals surface area contributed by atoms with E-state index in [0.29, 0.717) is 19.0 Å². The van der Waals surface area contributed by atoms with Crippen molar-refractivity contribution in [3.63, 3.8) is 0 Å². The Balaban J connectivity index is 2.73. The molecule has 3 N–H and O–H groups in total. The van der Waals surface area contributed by atoms with Crippen molar-refractivity contribution in [1.29, 1.82) is 0 Å². The molecule has 0 heterocycles. The molecule has 0 spiro atoms. The first-order valence-electron chi connectivity index (χ1n) is 5.14. The van der Waals surface area contributed by atoms with Gasteiger partial charge in [0.15, 0.2) is 5.96 Å². The first-order chi connectivity index (χ1) is 8.17. The van der Waals surface area contributed by atoms with E-state index in [1.807, 2.05) is 6.26 Å². The van der Waals surface area contributed by atoms with Gasteiger partial charge in [-0.1, -0.05) is 6.08 Å². The van der Waals surface area contributed by atoms with Gasteiger partial charge in [0, 0.05) is 11.4 Å². The molecule has 0 bridgehead atoms. The van der Waals surface area contributed by atoms with Crippen LogP contribution in [-0.4, -0.2) is 18.8 Å². The lowest BCUT2D eigenvalue weighted by molar-refractivity contribution is 0.623. The van der Waals surface area contributed by atoms with Crippen molar-refractivity contribution >= 4 is 17.7 Å². The molecule has 0 aliphatic heterocycles. The highest BCUT2D eigenvalue weighted by Gasteiger charge is 2.02. The lowest BCUT2D eigenvalue weighted by Gasteiger charge is -2.06. The number of aliphatic imine (C=N–C) groups is 1. The van der Waals surface area contributed by atoms with Gasteiger partial charge in [-0.2, -0.15) is 0 Å². The summed E-state index contributed by atoms with van der Waals surface area (Å²) in [7, 11) is 0. The molecular formula is C12H16FN3S. The summed E-state index contributed by atoms with van der Waals surface area (Å²) in [5.41, 5.74) is 6.46. The van der Waals surface area contributed by atoms with Gasteiger partial charge in [0.25, 0.3) is 0 Å². The van der Waals surface area contributed by atoms with Crippen LogP contribution in [0.4, 0.5) is 4.39 Å². The monoisotopic (exact) mass is 253 g/mol. The van der Waals surface area contributed by atoms with Gasteiger partial charge in [-0.3, -0.25) is 0 Å². The molecule has 92 valence electrons. The van der Waals surface area contributed by atoms with Crippen LogP contribution in [0, 0.1) is 5.82 Å². The Bertz CT molecular complexity index is 418. The van der Waals surface area contributed by atoms with Crippen LogP contribution in [0.5, 0.6) is 0 Å². The van der Waals surface area contributed by atoms with Crippen molar-refractivity contribution in [2.24, 2.45) is 10.7 Å². The Morgan fingerprint density at radius 2 is 2.41 bits per heavy atom. The summed E-state index contributed by atoms with van der Waals surface area (Å²) in [5, 5.41) is 2.86. The van der Waals surface area contributed by atoms with Crippen LogP contribution in [0.25, 0.3) is 0 Å². The van der Waals surface area contributed by atoms with E-state index in [1.165, 1.54) is 12.1 Å². The van der Waals surface area contributed by atoms with E-state index in [9.17, 15) is 4.39 Å². The Kier molecular flexibility index (Phi) is 5.56. The van der Waals surface area contributed by atoms with Crippen LogP contribution in [0.3, 0.4) is 0 Å². The summed E-state index contributed by atoms with van der Waals surface area (Å²) >= 11 is 1.56. The first kappa shape index (κ1) is 13.6. The maximum atomic E-state index is 13.1. The first-order valence-corrected chi connectivity index (χ1v) is 6.37. The quantitative estimate of drug-likeness (QED) is 0.366. The Labute approximate surface area is 105 Å². The third kappa shape index (κ3) is 4.48. The number of hydrogen-bond acceptors (Lipinski definition) is 2. The lowest BCUT2D eigenvalue weighted by atomic mass is 10.2. The molecule has 1 aromatic carbocycles. The van der Waals surface area contributed by atoms with Gasteiger partial charge in [0.05, 0.1) is 6.54 Å². The lowest BCUT2D eigenvalue weighted by Crippen LogP contribution is -2.31. The molecule has 0 atom stereocenters. The molecule has 0 aliphatic carbocycles. The highest BCUT2D eigenvalue weighted by molar-refractivity contribution is 7.98. The second-order valence-electron chi connectivity index (χ2n) is 3.33. The minimum atomic E-state index is -0.259. The summed E-state index contributed by atoms with van der Waals surface area (Å²) in [5.74, 6) is 0.0758. The number of nitrogens with zero attached hydrogens (tertiary/aromatic N) is 1. The van der Waals surface area contributed by atoms with Crippen LogP contribution in [0.2, 0.25) is 0 Å². The van der Waals surface area contributed by atoms with Crippen LogP contribution in [-0.2, 0) is 6.54 Å². The molecule has 0 fully saturated rings. The van der Waals surface area contributed by atoms with Crippen LogP contribution in [0.15, 0.2) is 40.7 Å². The fourth-order valence-corrected chi connectivity index (χ4v) is 1.86. The van der Waals surface area contributed by atoms with Crippen molar-refractivity contribution < 1.29 is 4.39 Å². The summed E-state index contributed by atoms with van der Waals surface area (Å²) in [4.78, 5) is 5.14. The van der Waals surface area contributed by atoms with Gasteiger partial charge >= 0.3 is 0 Å². The second-order valence-corrected chi connectivity index (χ2v) is 4.18. The predicted octanol–water partition coefficient (Wildman–Crippen LogP) is 2.14. The van der Waals surface area contributed by atoms with E-state index >= 15 is 0 Å². The molecule has 17 heavy (non-hydrogen) atoms. The number of nitrogens with one attached hydrogen (secondary N) is 1. The van der Waals surface area contributed by atoms with Gasteiger partial charge in [0.2, 0.25) is 0 Å². The average molecular weight is 253 g/mol. The molecule has 0 aliphatic rings. The molecule has 0 saturated carbocycles. The van der Waals surface area contributed by atoms with Gasteiger partial charge in [-0.05, 0) is 30.0 Å². The van der Waals surface area contributed by atoms with Crippen LogP contribution >= 0.6 is 11.8 Å². The number of benzene rings is 1. The highest BCUT2D eigenvalue weighted by atomic mass is 32.2. The summed E-state index contributed by atoms with van der Waals surface area (Å²) in [6, 6.07) is 4.67. The van der Waals surface area contributed by atoms with Crippen LogP contribution < -0.4 is 11.1 Å². The van der Waals surface area contributed by atoms with Crippen molar-refractivity contribution in [3.8, 4) is 0 Å². The number of thioether (sulfide) groups is 1. The number of halogens is 1. The van der Waals surface area contributed by atoms with Gasteiger partial charge in [0.1, 0.15) is 5.82 Å². The van der Waals surface area contributed by atoms with Gasteiger partial charge < -0.3 is 11.1 Å². The minimum absolute atomic E-state index is 0.259. The summed E-state index contributed by atoms with van der Waals surface area (Å²) in [6.07, 6.45) is 3.64. The van der Waals surface area contributed by atoms with Crippen molar-refractivity contribution in [1.82, 2.24) is 5.32 Å². The fourth-order valence-electron chi connectivity index (χ4n) is 1.27. The minimum Gasteiger partial charge on any atom is -0.370 e. The average Bonchev–Trinajstić information content (AvgIpc) is 2.34. The SMILES string of the molecule is C=CCNC(N)=NCc1cc(F)ccc1SC. The van der Waals surface area contributed by atoms with Crippen molar-refractivity contribution in [3.05, 3.63) is 42.2 Å². The third-order valence-corrected chi connectivity index (χ3v) is 2.93. The zero-order valence-corrected chi connectivity index (χ0v) is 10.6. The van der Waals surface area contributed by atoms with Crippen molar-refractivity contribution in [2.45, 2.75) is 11.4 Å². The molecule has 0 amide bonds. The number of hydrogen-bond donors (Lipinski definition) is 2. The van der Waals surface area contributed by atoms with E-state index in [1.54, 1.807) is 23.9 Å². The second kappa shape index (κ2) is 6.96. The smallest absolute Gasteiger partial charge is 0.189 e. The van der Waals surface area contributed by atoms with Crippen LogP contribution in [0.1, 0.15) is 5.56 Å². The van der Waals surface area contributed by atoms with E-state index in [0.717, 1.165) is 10.5 Å². The normalized spacial score (nSPS) is 11.3. The molecule has 3 nitrogen and oxygen atoms in total. The zero-order valence-electron chi connectivity index (χ0n) is 9.74. The zero-order chi connectivity index (χ0) is 12.7. The standard InChI is InChI=1S/C12H16FN3S/c1-3-6-15-12(14)16-8-9-7-10(13)4-5-11(9)17-2/h3-5,7H,1,6,8H2,2H3,(H3,14,15,16). The summed E-state index contributed by atoms with van der Waals surface area (Å²) in [6.45, 7) is 4.49. The summed E-state index contributed by atoms with van der Waals surface area (Å²) < 4.78 is 13.1. The number of nitrogens with two attached hydrogens (primary N) is 1. The highest BCUT2D eigenvalue weighted by Crippen LogP contribution is 2.21. The van der Waals surface area contributed by atoms with Gasteiger partial charge in [-0.25, -0.2) is 9.38 Å². The van der Waals surface area contributed by atoms with Gasteiger partial charge in [-0.15, -0.1) is 18.3 Å². The fraction of sp³-hybridized carbons (Fsp3) is 0.250. The Morgan fingerprint density at radius 3 is 3.06 bits per heavy atom. The molecule has 0 aromatic heterocycles. The maximum absolute atomic E-state index is 13.1. The topological polar surface area (TPSA) is 50.4 Å². The number of rotatable bonds is 5. The maximum Gasteiger partial charge on any atom is 0.189 e. The Hall–Kier alpha value is -1.49. The molecule has 5 heteroatoms. The largest absolute Gasteiger partial charge is 0.370 e. The molecular weight excluding hydrogens is 237 g/mol. The Morgan fingerprint density at radius 1 is 1.65 bits per heavy atom. The molecule has 0 radical (unpaired) electrons. The molecule has 0 saturated heterocycles. The van der Waals surface area contributed by atoms with E-state index in [-0.39, 0.29) is 5.82 Å². The molecule has 1 rings (SSSR count). The van der Waals surface area contributed by atoms with E-state index < -0.39 is 0 Å². The van der Waals surface area contributed by atoms with E-state index in [2.05, 4.69) is 16.9 Å². The van der Waals surface area contributed by atoms with E-state index in [4.69, 9.17) is 5.73 Å². The third-order valence-electron chi connectivity index (χ3n) is 2.09. The molecule has 0 unspecified atom stereocenters.